The van der Waals surface area contributed by atoms with Gasteiger partial charge in [-0.2, -0.15) is 0 Å². The van der Waals surface area contributed by atoms with Crippen LogP contribution in [0.25, 0.3) is 33.4 Å². The number of aliphatic hydroxyl groups is 2. The molecule has 0 heterocycles. The van der Waals surface area contributed by atoms with Crippen LogP contribution in [0.3, 0.4) is 0 Å². The first-order chi connectivity index (χ1) is 19.5. The van der Waals surface area contributed by atoms with Crippen LogP contribution >= 0.6 is 0 Å². The Morgan fingerprint density at radius 1 is 0.585 bits per heavy atom. The molecule has 1 aliphatic carbocycles. The molecule has 0 unspecified atom stereocenters. The van der Waals surface area contributed by atoms with Crippen molar-refractivity contribution in [2.75, 3.05) is 26.4 Å². The Balaban J connectivity index is 1.64. The second-order valence-corrected chi connectivity index (χ2v) is 12.9. The van der Waals surface area contributed by atoms with Gasteiger partial charge in [0.15, 0.2) is 0 Å². The molecule has 4 heteroatoms. The number of hydrogen-bond donors (Lipinski definition) is 2. The number of fused-ring (bicyclic) bond motifs is 3. The third kappa shape index (κ3) is 5.64. The lowest BCUT2D eigenvalue weighted by Crippen LogP contribution is -2.15. The summed E-state index contributed by atoms with van der Waals surface area (Å²) in [6, 6.07) is 25.9. The molecule has 4 nitrogen and oxygen atoms in total. The van der Waals surface area contributed by atoms with Gasteiger partial charge in [-0.15, -0.1) is 0 Å². The van der Waals surface area contributed by atoms with E-state index in [1.54, 1.807) is 0 Å². The van der Waals surface area contributed by atoms with Gasteiger partial charge in [-0.25, -0.2) is 0 Å². The SMILES string of the molecule is CC(C)(C)c1cccc(-c2ccc3c(c2)Cc2cccc(-c4cccc(C(C)(C)C)c4OCCO)c2-3)c1OCCO. The zero-order valence-corrected chi connectivity index (χ0v) is 25.2. The topological polar surface area (TPSA) is 58.9 Å². The highest BCUT2D eigenvalue weighted by molar-refractivity contribution is 5.93. The van der Waals surface area contributed by atoms with Crippen LogP contribution in [0.2, 0.25) is 0 Å². The molecule has 2 N–H and O–H groups in total. The van der Waals surface area contributed by atoms with E-state index in [9.17, 15) is 10.2 Å². The molecule has 4 aromatic rings. The van der Waals surface area contributed by atoms with Crippen LogP contribution in [-0.2, 0) is 17.3 Å². The Labute approximate surface area is 244 Å². The minimum absolute atomic E-state index is 0.0272. The Hall–Kier alpha value is -3.60. The Kier molecular flexibility index (Phi) is 8.00. The molecular formula is C37H42O4. The van der Waals surface area contributed by atoms with E-state index in [-0.39, 0.29) is 37.3 Å². The molecule has 0 spiro atoms. The quantitative estimate of drug-likeness (QED) is 0.206. The molecule has 41 heavy (non-hydrogen) atoms. The normalized spacial score (nSPS) is 12.7. The molecule has 0 aromatic heterocycles. The third-order valence-corrected chi connectivity index (χ3v) is 7.83. The fraction of sp³-hybridized carbons (Fsp3) is 0.351. The van der Waals surface area contributed by atoms with Crippen LogP contribution in [0.4, 0.5) is 0 Å². The van der Waals surface area contributed by atoms with Crippen LogP contribution in [0.5, 0.6) is 11.5 Å². The molecule has 0 atom stereocenters. The number of benzene rings is 4. The zero-order valence-electron chi connectivity index (χ0n) is 25.2. The van der Waals surface area contributed by atoms with Crippen LogP contribution in [0, 0.1) is 0 Å². The Bertz CT molecular complexity index is 1550. The van der Waals surface area contributed by atoms with Gasteiger partial charge in [-0.05, 0) is 50.6 Å². The van der Waals surface area contributed by atoms with Crippen LogP contribution in [0.15, 0.2) is 72.8 Å². The van der Waals surface area contributed by atoms with Gasteiger partial charge in [0.2, 0.25) is 0 Å². The maximum Gasteiger partial charge on any atom is 0.130 e. The lowest BCUT2D eigenvalue weighted by Gasteiger charge is -2.25. The van der Waals surface area contributed by atoms with E-state index in [0.29, 0.717) is 0 Å². The predicted molar refractivity (Wildman–Crippen MR) is 168 cm³/mol. The average Bonchev–Trinajstić information content (AvgIpc) is 3.31. The van der Waals surface area contributed by atoms with Crippen molar-refractivity contribution in [3.63, 3.8) is 0 Å². The fourth-order valence-corrected chi connectivity index (χ4v) is 5.95. The fourth-order valence-electron chi connectivity index (χ4n) is 5.95. The van der Waals surface area contributed by atoms with E-state index in [1.165, 1.54) is 22.3 Å². The summed E-state index contributed by atoms with van der Waals surface area (Å²) < 4.78 is 12.4. The van der Waals surface area contributed by atoms with E-state index in [4.69, 9.17) is 9.47 Å². The summed E-state index contributed by atoms with van der Waals surface area (Å²) >= 11 is 0. The summed E-state index contributed by atoms with van der Waals surface area (Å²) in [5.41, 5.74) is 11.5. The second kappa shape index (κ2) is 11.3. The monoisotopic (exact) mass is 550 g/mol. The van der Waals surface area contributed by atoms with Gasteiger partial charge in [-0.3, -0.25) is 0 Å². The summed E-state index contributed by atoms with van der Waals surface area (Å²) in [7, 11) is 0. The van der Waals surface area contributed by atoms with Crippen molar-refractivity contribution < 1.29 is 19.7 Å². The van der Waals surface area contributed by atoms with E-state index >= 15 is 0 Å². The molecule has 0 radical (unpaired) electrons. The van der Waals surface area contributed by atoms with Crippen molar-refractivity contribution in [1.29, 1.82) is 0 Å². The lowest BCUT2D eigenvalue weighted by molar-refractivity contribution is 0.199. The van der Waals surface area contributed by atoms with Gasteiger partial charge in [-0.1, -0.05) is 114 Å². The standard InChI is InChI=1S/C37H42O4/c1-36(2,3)31-14-8-11-28(34(31)40-20-18-38)24-16-17-27-26(22-24)23-25-10-7-12-29(33(25)27)30-13-9-15-32(37(4,5)6)35(30)41-21-19-39/h7-17,22,38-39H,18-21,23H2,1-6H3. The average molecular weight is 551 g/mol. The summed E-state index contributed by atoms with van der Waals surface area (Å²) in [6.07, 6.45) is 0.851. The first-order valence-corrected chi connectivity index (χ1v) is 14.5. The molecular weight excluding hydrogens is 508 g/mol. The minimum Gasteiger partial charge on any atom is -0.490 e. The third-order valence-electron chi connectivity index (χ3n) is 7.83. The first-order valence-electron chi connectivity index (χ1n) is 14.5. The van der Waals surface area contributed by atoms with Crippen molar-refractivity contribution in [2.24, 2.45) is 0 Å². The van der Waals surface area contributed by atoms with Crippen molar-refractivity contribution in [3.8, 4) is 44.9 Å². The van der Waals surface area contributed by atoms with Crippen LogP contribution in [-0.4, -0.2) is 36.6 Å². The van der Waals surface area contributed by atoms with E-state index < -0.39 is 0 Å². The highest BCUT2D eigenvalue weighted by Crippen LogP contribution is 2.49. The van der Waals surface area contributed by atoms with Crippen molar-refractivity contribution >= 4 is 0 Å². The van der Waals surface area contributed by atoms with E-state index in [1.807, 2.05) is 0 Å². The summed E-state index contributed by atoms with van der Waals surface area (Å²) in [5.74, 6) is 1.69. The molecule has 4 aromatic carbocycles. The maximum atomic E-state index is 9.57. The van der Waals surface area contributed by atoms with Crippen molar-refractivity contribution in [1.82, 2.24) is 0 Å². The highest BCUT2D eigenvalue weighted by Gasteiger charge is 2.28. The second-order valence-electron chi connectivity index (χ2n) is 12.9. The number of para-hydroxylation sites is 2. The van der Waals surface area contributed by atoms with E-state index in [2.05, 4.69) is 114 Å². The van der Waals surface area contributed by atoms with Gasteiger partial charge in [0.05, 0.1) is 13.2 Å². The number of hydrogen-bond acceptors (Lipinski definition) is 4. The molecule has 5 rings (SSSR count). The molecule has 0 saturated carbocycles. The Morgan fingerprint density at radius 3 is 1.71 bits per heavy atom. The Morgan fingerprint density at radius 2 is 1.12 bits per heavy atom. The van der Waals surface area contributed by atoms with Crippen LogP contribution in [0.1, 0.15) is 63.8 Å². The van der Waals surface area contributed by atoms with Gasteiger partial charge in [0.25, 0.3) is 0 Å². The van der Waals surface area contributed by atoms with Gasteiger partial charge in [0.1, 0.15) is 24.7 Å². The first kappa shape index (κ1) is 28.9. The zero-order chi connectivity index (χ0) is 29.4. The maximum absolute atomic E-state index is 9.57. The molecule has 0 aliphatic heterocycles. The van der Waals surface area contributed by atoms with Crippen molar-refractivity contribution in [3.05, 3.63) is 95.1 Å². The largest absolute Gasteiger partial charge is 0.490 e. The summed E-state index contributed by atoms with van der Waals surface area (Å²) in [6.45, 7) is 13.6. The molecule has 0 amide bonds. The smallest absolute Gasteiger partial charge is 0.130 e. The van der Waals surface area contributed by atoms with E-state index in [0.717, 1.165) is 51.3 Å². The van der Waals surface area contributed by atoms with Crippen molar-refractivity contribution in [2.45, 2.75) is 58.8 Å². The predicted octanol–water partition coefficient (Wildman–Crippen LogP) is 7.93. The van der Waals surface area contributed by atoms with Crippen LogP contribution < -0.4 is 9.47 Å². The van der Waals surface area contributed by atoms with Gasteiger partial charge < -0.3 is 19.7 Å². The number of aliphatic hydroxyl groups excluding tert-OH is 2. The minimum atomic E-state index is -0.108. The molecule has 0 fully saturated rings. The summed E-state index contributed by atoms with van der Waals surface area (Å²) in [5, 5.41) is 19.1. The van der Waals surface area contributed by atoms with Gasteiger partial charge in [0, 0.05) is 22.3 Å². The van der Waals surface area contributed by atoms with Gasteiger partial charge >= 0.3 is 0 Å². The molecule has 0 saturated heterocycles. The lowest BCUT2D eigenvalue weighted by atomic mass is 9.83. The number of ether oxygens (including phenoxy) is 2. The molecule has 214 valence electrons. The summed E-state index contributed by atoms with van der Waals surface area (Å²) in [4.78, 5) is 0. The highest BCUT2D eigenvalue weighted by atomic mass is 16.5. The molecule has 0 bridgehead atoms. The molecule has 1 aliphatic rings. The number of rotatable bonds is 8.